The van der Waals surface area contributed by atoms with Gasteiger partial charge in [0.15, 0.2) is 0 Å². The van der Waals surface area contributed by atoms with E-state index in [1.54, 1.807) is 12.1 Å². The van der Waals surface area contributed by atoms with Crippen LogP contribution in [0.3, 0.4) is 0 Å². The van der Waals surface area contributed by atoms with Crippen molar-refractivity contribution in [3.05, 3.63) is 29.8 Å². The van der Waals surface area contributed by atoms with Crippen LogP contribution in [-0.4, -0.2) is 35.8 Å². The zero-order chi connectivity index (χ0) is 13.2. The number of aliphatic hydroxyl groups is 1. The number of aromatic hydroxyl groups is 1. The molecule has 18 heavy (non-hydrogen) atoms. The first-order chi connectivity index (χ1) is 8.52. The summed E-state index contributed by atoms with van der Waals surface area (Å²) in [4.78, 5) is 2.13. The molecule has 1 saturated carbocycles. The van der Waals surface area contributed by atoms with Crippen molar-refractivity contribution in [1.29, 1.82) is 0 Å². The second-order valence-electron chi connectivity index (χ2n) is 5.68. The maximum Gasteiger partial charge on any atom is 0.115 e. The van der Waals surface area contributed by atoms with Crippen LogP contribution >= 0.6 is 0 Å². The molecule has 1 fully saturated rings. The Labute approximate surface area is 109 Å². The maximum absolute atomic E-state index is 11.0. The van der Waals surface area contributed by atoms with Gasteiger partial charge in [-0.1, -0.05) is 25.0 Å². The molecule has 1 aliphatic carbocycles. The molecule has 0 bridgehead atoms. The Kier molecular flexibility index (Phi) is 3.93. The van der Waals surface area contributed by atoms with Gasteiger partial charge in [0.05, 0.1) is 5.60 Å². The summed E-state index contributed by atoms with van der Waals surface area (Å²) in [5.74, 6) is 0.471. The van der Waals surface area contributed by atoms with Gasteiger partial charge in [0.25, 0.3) is 0 Å². The minimum absolute atomic E-state index is 0.232. The minimum atomic E-state index is -0.790. The van der Waals surface area contributed by atoms with E-state index >= 15 is 0 Å². The van der Waals surface area contributed by atoms with Crippen LogP contribution in [0.2, 0.25) is 0 Å². The molecule has 2 rings (SSSR count). The molecule has 0 aliphatic heterocycles. The molecule has 3 heteroatoms. The summed E-state index contributed by atoms with van der Waals surface area (Å²) in [5.41, 5.74) is 0.0652. The number of benzene rings is 1. The lowest BCUT2D eigenvalue weighted by Crippen LogP contribution is -2.43. The number of hydrogen-bond acceptors (Lipinski definition) is 3. The number of phenolic OH excluding ortho intramolecular Hbond substituents is 1. The Morgan fingerprint density at radius 3 is 2.78 bits per heavy atom. The van der Waals surface area contributed by atoms with Crippen molar-refractivity contribution < 1.29 is 10.2 Å². The Morgan fingerprint density at radius 2 is 2.11 bits per heavy atom. The van der Waals surface area contributed by atoms with Gasteiger partial charge in [-0.3, -0.25) is 0 Å². The van der Waals surface area contributed by atoms with E-state index < -0.39 is 5.60 Å². The Balaban J connectivity index is 2.29. The second kappa shape index (κ2) is 5.29. The summed E-state index contributed by atoms with van der Waals surface area (Å²) >= 11 is 0. The highest BCUT2D eigenvalue weighted by Crippen LogP contribution is 2.42. The van der Waals surface area contributed by atoms with Crippen molar-refractivity contribution >= 4 is 0 Å². The van der Waals surface area contributed by atoms with E-state index in [2.05, 4.69) is 4.90 Å². The summed E-state index contributed by atoms with van der Waals surface area (Å²) in [6, 6.07) is 7.09. The van der Waals surface area contributed by atoms with Gasteiger partial charge in [-0.25, -0.2) is 0 Å². The van der Waals surface area contributed by atoms with E-state index in [9.17, 15) is 10.2 Å². The van der Waals surface area contributed by atoms with Crippen molar-refractivity contribution in [2.24, 2.45) is 5.92 Å². The molecule has 2 N–H and O–H groups in total. The van der Waals surface area contributed by atoms with Crippen molar-refractivity contribution in [3.8, 4) is 5.75 Å². The van der Waals surface area contributed by atoms with Gasteiger partial charge in [-0.05, 0) is 44.6 Å². The Morgan fingerprint density at radius 1 is 1.33 bits per heavy atom. The fraction of sp³-hybridized carbons (Fsp3) is 0.600. The first-order valence-corrected chi connectivity index (χ1v) is 6.69. The third-order valence-corrected chi connectivity index (χ3v) is 3.97. The highest BCUT2D eigenvalue weighted by atomic mass is 16.3. The number of hydrogen-bond donors (Lipinski definition) is 2. The van der Waals surface area contributed by atoms with Gasteiger partial charge >= 0.3 is 0 Å². The van der Waals surface area contributed by atoms with Crippen LogP contribution in [0.15, 0.2) is 24.3 Å². The molecule has 1 aromatic carbocycles. The molecule has 0 unspecified atom stereocenters. The van der Waals surface area contributed by atoms with Crippen molar-refractivity contribution in [1.82, 2.24) is 4.90 Å². The third kappa shape index (κ3) is 2.68. The predicted octanol–water partition coefficient (Wildman–Crippen LogP) is 2.33. The lowest BCUT2D eigenvalue weighted by molar-refractivity contribution is -0.0619. The molecule has 0 spiro atoms. The summed E-state index contributed by atoms with van der Waals surface area (Å²) in [7, 11) is 4.08. The zero-order valence-corrected chi connectivity index (χ0v) is 11.3. The van der Waals surface area contributed by atoms with Crippen LogP contribution in [-0.2, 0) is 5.60 Å². The Bertz CT molecular complexity index is 405. The van der Waals surface area contributed by atoms with Gasteiger partial charge in [-0.2, -0.15) is 0 Å². The van der Waals surface area contributed by atoms with E-state index in [0.29, 0.717) is 0 Å². The zero-order valence-electron chi connectivity index (χ0n) is 11.3. The van der Waals surface area contributed by atoms with Crippen molar-refractivity contribution in [3.63, 3.8) is 0 Å². The number of rotatable bonds is 3. The summed E-state index contributed by atoms with van der Waals surface area (Å²) in [6.45, 7) is 0.881. The maximum atomic E-state index is 11.0. The smallest absolute Gasteiger partial charge is 0.115 e. The Hall–Kier alpha value is -1.06. The summed E-state index contributed by atoms with van der Waals surface area (Å²) in [5, 5.41) is 20.6. The minimum Gasteiger partial charge on any atom is -0.508 e. The molecule has 2 atom stereocenters. The van der Waals surface area contributed by atoms with Crippen LogP contribution in [0.5, 0.6) is 5.75 Å². The molecule has 1 aliphatic rings. The molecule has 1 aromatic rings. The normalized spacial score (nSPS) is 28.6. The van der Waals surface area contributed by atoms with Crippen LogP contribution in [0.4, 0.5) is 0 Å². The topological polar surface area (TPSA) is 43.7 Å². The lowest BCUT2D eigenvalue weighted by atomic mass is 9.71. The fourth-order valence-corrected chi connectivity index (χ4v) is 3.07. The molecule has 3 nitrogen and oxygen atoms in total. The summed E-state index contributed by atoms with van der Waals surface area (Å²) in [6.07, 6.45) is 4.06. The van der Waals surface area contributed by atoms with E-state index in [1.165, 1.54) is 6.42 Å². The molecule has 100 valence electrons. The number of nitrogens with zero attached hydrogens (tertiary/aromatic N) is 1. The van der Waals surface area contributed by atoms with Crippen molar-refractivity contribution in [2.75, 3.05) is 20.6 Å². The molecule has 0 radical (unpaired) electrons. The quantitative estimate of drug-likeness (QED) is 0.864. The standard InChI is InChI=1S/C15H23NO2/c1-16(2)11-13-6-3-4-9-15(13,18)12-7-5-8-14(17)10-12/h5,7-8,10,13,17-18H,3-4,6,9,11H2,1-2H3/t13-,15-/m0/s1. The van der Waals surface area contributed by atoms with E-state index in [1.807, 2.05) is 26.2 Å². The van der Waals surface area contributed by atoms with Crippen LogP contribution < -0.4 is 0 Å². The van der Waals surface area contributed by atoms with Crippen LogP contribution in [0.1, 0.15) is 31.2 Å². The molecular weight excluding hydrogens is 226 g/mol. The monoisotopic (exact) mass is 249 g/mol. The molecule has 0 aromatic heterocycles. The van der Waals surface area contributed by atoms with Gasteiger partial charge in [-0.15, -0.1) is 0 Å². The van der Waals surface area contributed by atoms with E-state index in [-0.39, 0.29) is 11.7 Å². The summed E-state index contributed by atoms with van der Waals surface area (Å²) < 4.78 is 0. The predicted molar refractivity (Wildman–Crippen MR) is 72.5 cm³/mol. The van der Waals surface area contributed by atoms with Gasteiger partial charge < -0.3 is 15.1 Å². The lowest BCUT2D eigenvalue weighted by Gasteiger charge is -2.41. The van der Waals surface area contributed by atoms with Gasteiger partial charge in [0.2, 0.25) is 0 Å². The third-order valence-electron chi connectivity index (χ3n) is 3.97. The first kappa shape index (κ1) is 13.4. The number of phenols is 1. The van der Waals surface area contributed by atoms with Crippen LogP contribution in [0, 0.1) is 5.92 Å². The average molecular weight is 249 g/mol. The van der Waals surface area contributed by atoms with Crippen molar-refractivity contribution in [2.45, 2.75) is 31.3 Å². The first-order valence-electron chi connectivity index (χ1n) is 6.69. The molecular formula is C15H23NO2. The van der Waals surface area contributed by atoms with E-state index in [0.717, 1.165) is 31.4 Å². The SMILES string of the molecule is CN(C)C[C@@H]1CCCC[C@]1(O)c1cccc(O)c1. The molecule has 0 heterocycles. The highest BCUT2D eigenvalue weighted by molar-refractivity contribution is 5.32. The largest absolute Gasteiger partial charge is 0.508 e. The van der Waals surface area contributed by atoms with E-state index in [4.69, 9.17) is 0 Å². The van der Waals surface area contributed by atoms with Crippen LogP contribution in [0.25, 0.3) is 0 Å². The van der Waals surface area contributed by atoms with Gasteiger partial charge in [0, 0.05) is 12.5 Å². The second-order valence-corrected chi connectivity index (χ2v) is 5.68. The van der Waals surface area contributed by atoms with Gasteiger partial charge in [0.1, 0.15) is 5.75 Å². The molecule has 0 amide bonds. The molecule has 0 saturated heterocycles. The highest BCUT2D eigenvalue weighted by Gasteiger charge is 2.40. The average Bonchev–Trinajstić information content (AvgIpc) is 2.32. The fourth-order valence-electron chi connectivity index (χ4n) is 3.07.